The summed E-state index contributed by atoms with van der Waals surface area (Å²) in [5.41, 5.74) is -1.81. The molecule has 154 valence electrons. The zero-order valence-corrected chi connectivity index (χ0v) is 14.4. The number of nitrogens with one attached hydrogen (secondary N) is 2. The van der Waals surface area contributed by atoms with Gasteiger partial charge in [0, 0.05) is 6.07 Å². The predicted octanol–water partition coefficient (Wildman–Crippen LogP) is -3.26. The van der Waals surface area contributed by atoms with Crippen LogP contribution in [0.5, 0.6) is 5.88 Å². The number of imidazole rings is 1. The van der Waals surface area contributed by atoms with E-state index in [0.717, 1.165) is 12.4 Å². The van der Waals surface area contributed by atoms with E-state index in [1.807, 2.05) is 4.98 Å². The van der Waals surface area contributed by atoms with Crippen LogP contribution in [-0.4, -0.2) is 127 Å². The fourth-order valence-electron chi connectivity index (χ4n) is 2.94. The van der Waals surface area contributed by atoms with Gasteiger partial charge >= 0.3 is 63.0 Å². The van der Waals surface area contributed by atoms with Crippen LogP contribution in [0, 0.1) is 0 Å². The molecule has 0 spiro atoms. The second-order valence-electron chi connectivity index (χ2n) is 6.17. The summed E-state index contributed by atoms with van der Waals surface area (Å²) in [6, 6.07) is 0.844. The van der Waals surface area contributed by atoms with E-state index in [9.17, 15) is 29.7 Å². The Labute approximate surface area is 208 Å². The van der Waals surface area contributed by atoms with Crippen molar-refractivity contribution in [3.8, 4) is 5.88 Å². The van der Waals surface area contributed by atoms with Crippen molar-refractivity contribution in [2.24, 2.45) is 0 Å². The summed E-state index contributed by atoms with van der Waals surface area (Å²) < 4.78 is 11.8. The van der Waals surface area contributed by atoms with E-state index in [2.05, 4.69) is 19.9 Å². The number of aromatic nitrogens is 6. The van der Waals surface area contributed by atoms with Crippen LogP contribution >= 0.6 is 0 Å². The number of carbonyl (C=O) groups is 1. The molecule has 0 bridgehead atoms. The molecule has 4 atom stereocenters. The second-order valence-corrected chi connectivity index (χ2v) is 6.17. The van der Waals surface area contributed by atoms with Crippen LogP contribution in [0.3, 0.4) is 0 Å². The quantitative estimate of drug-likeness (QED) is 0.198. The van der Waals surface area contributed by atoms with Gasteiger partial charge < -0.3 is 29.8 Å². The number of ether oxygens (including phenoxy) is 2. The molecule has 15 heteroatoms. The first kappa shape index (κ1) is 22.7. The normalized spacial score (nSPS) is 23.3. The number of hydrogen-bond donors (Lipinski definition) is 5. The number of rotatable bonds is 4. The molecule has 0 aliphatic carbocycles. The number of H-pyrrole nitrogens is 2. The van der Waals surface area contributed by atoms with Crippen molar-refractivity contribution < 1.29 is 29.6 Å². The number of esters is 1. The van der Waals surface area contributed by atoms with Gasteiger partial charge in [-0.2, -0.15) is 4.98 Å². The third-order valence-corrected chi connectivity index (χ3v) is 4.31. The molecule has 0 radical (unpaired) electrons. The maximum absolute atomic E-state index is 12.0. The van der Waals surface area contributed by atoms with E-state index >= 15 is 0 Å². The summed E-state index contributed by atoms with van der Waals surface area (Å²) in [5.74, 6) is -1.38. The van der Waals surface area contributed by atoms with Crippen LogP contribution in [0.1, 0.15) is 16.7 Å². The Balaban J connectivity index is 0.00000256. The summed E-state index contributed by atoms with van der Waals surface area (Å²) in [4.78, 5) is 50.0. The molecule has 1 aliphatic rings. The van der Waals surface area contributed by atoms with Gasteiger partial charge in [-0.25, -0.2) is 19.6 Å². The molecule has 30 heavy (non-hydrogen) atoms. The molecule has 14 nitrogen and oxygen atoms in total. The van der Waals surface area contributed by atoms with Gasteiger partial charge in [0.2, 0.25) is 5.88 Å². The van der Waals surface area contributed by atoms with E-state index < -0.39 is 48.4 Å². The number of nitrogens with zero attached hydrogens (tertiary/aromatic N) is 4. The third-order valence-electron chi connectivity index (χ3n) is 4.31. The zero-order valence-electron chi connectivity index (χ0n) is 14.4. The molecule has 3 aromatic rings. The monoisotopic (exact) mass is 446 g/mol. The third kappa shape index (κ3) is 4.23. The summed E-state index contributed by atoms with van der Waals surface area (Å²) in [6.07, 6.45) is -2.77. The van der Waals surface area contributed by atoms with E-state index in [1.165, 1.54) is 10.9 Å². The summed E-state index contributed by atoms with van der Waals surface area (Å²) in [7, 11) is 0. The van der Waals surface area contributed by atoms with E-state index in [-0.39, 0.29) is 74.1 Å². The zero-order chi connectivity index (χ0) is 20.7. The molecule has 0 amide bonds. The topological polar surface area (TPSA) is 206 Å². The fraction of sp³-hybridized carbons (Fsp3) is 0.333. The van der Waals surface area contributed by atoms with E-state index in [1.54, 1.807) is 0 Å². The first-order valence-corrected chi connectivity index (χ1v) is 8.24. The number of aliphatic hydroxyl groups is 2. The van der Waals surface area contributed by atoms with Gasteiger partial charge in [-0.1, -0.05) is 0 Å². The minimum absolute atomic E-state index is 0. The fourth-order valence-corrected chi connectivity index (χ4v) is 2.94. The molecule has 3 aromatic heterocycles. The Morgan fingerprint density at radius 2 is 1.97 bits per heavy atom. The van der Waals surface area contributed by atoms with Crippen molar-refractivity contribution in [3.63, 3.8) is 0 Å². The molecular weight excluding hydrogens is 431 g/mol. The van der Waals surface area contributed by atoms with E-state index in [4.69, 9.17) is 9.47 Å². The molecule has 4 rings (SSSR count). The summed E-state index contributed by atoms with van der Waals surface area (Å²) in [6.45, 7) is -0.477. The molecule has 1 aliphatic heterocycles. The molecular formula is C15H15KN6O8. The van der Waals surface area contributed by atoms with Gasteiger partial charge in [0.1, 0.15) is 36.9 Å². The van der Waals surface area contributed by atoms with Crippen molar-refractivity contribution >= 4 is 68.5 Å². The van der Waals surface area contributed by atoms with Crippen LogP contribution in [0.4, 0.5) is 0 Å². The van der Waals surface area contributed by atoms with Crippen LogP contribution in [0.2, 0.25) is 0 Å². The number of aromatic amines is 2. The number of aliphatic hydroxyl groups excluding tert-OH is 2. The SMILES string of the molecule is O=C(OC[C@H]1O[C@@H](n2cnc3c(O)ncnc32)[C@H](O)[C@@H]1O)c1cc(=O)[nH]c(=O)[nH]1.[KH]. The molecule has 1 fully saturated rings. The molecule has 5 N–H and O–H groups in total. The molecule has 0 unspecified atom stereocenters. The van der Waals surface area contributed by atoms with Crippen molar-refractivity contribution in [2.75, 3.05) is 6.61 Å². The van der Waals surface area contributed by atoms with E-state index in [0.29, 0.717) is 0 Å². The van der Waals surface area contributed by atoms with Gasteiger partial charge in [0.15, 0.2) is 17.4 Å². The van der Waals surface area contributed by atoms with Gasteiger partial charge in [-0.15, -0.1) is 0 Å². The first-order chi connectivity index (χ1) is 13.8. The Bertz CT molecular complexity index is 1160. The summed E-state index contributed by atoms with van der Waals surface area (Å²) >= 11 is 0. The maximum atomic E-state index is 12.0. The Morgan fingerprint density at radius 3 is 2.70 bits per heavy atom. The van der Waals surface area contributed by atoms with Crippen molar-refractivity contribution in [1.29, 1.82) is 0 Å². The summed E-state index contributed by atoms with van der Waals surface area (Å²) in [5, 5.41) is 30.3. The molecule has 4 heterocycles. The van der Waals surface area contributed by atoms with Crippen molar-refractivity contribution in [3.05, 3.63) is 45.3 Å². The van der Waals surface area contributed by atoms with Crippen LogP contribution in [0.25, 0.3) is 11.2 Å². The molecule has 0 aromatic carbocycles. The van der Waals surface area contributed by atoms with Gasteiger partial charge in [-0.3, -0.25) is 14.3 Å². The van der Waals surface area contributed by atoms with Gasteiger partial charge in [-0.05, 0) is 0 Å². The first-order valence-electron chi connectivity index (χ1n) is 8.24. The van der Waals surface area contributed by atoms with Crippen LogP contribution in [0.15, 0.2) is 28.3 Å². The average molecular weight is 446 g/mol. The number of fused-ring (bicyclic) bond motifs is 1. The number of hydrogen-bond acceptors (Lipinski definition) is 11. The predicted molar refractivity (Wildman–Crippen MR) is 98.0 cm³/mol. The molecule has 0 saturated carbocycles. The standard InChI is InChI=1S/C15H14N6O8.K.H/c22-7-1-5(19-15(27)20-7)14(26)28-2-6-9(23)10(24)13(29-6)21-4-18-8-11(21)16-3-17-12(8)25;;/h1,3-4,6,9-10,13,23-24H,2H2,(H,16,17,25)(H2,19,20,22,27);;/t6-,9-,10-,13-;;/m1../s1. The Hall–Kier alpha value is -1.98. The number of aromatic hydroxyl groups is 1. The second kappa shape index (κ2) is 9.02. The van der Waals surface area contributed by atoms with Crippen molar-refractivity contribution in [1.82, 2.24) is 29.5 Å². The van der Waals surface area contributed by atoms with Gasteiger partial charge in [0.05, 0.1) is 6.33 Å². The Morgan fingerprint density at radius 1 is 1.20 bits per heavy atom. The average Bonchev–Trinajstić information content (AvgIpc) is 3.22. The minimum atomic E-state index is -1.43. The Kier molecular flexibility index (Phi) is 6.83. The molecule has 1 saturated heterocycles. The van der Waals surface area contributed by atoms with Crippen molar-refractivity contribution in [2.45, 2.75) is 24.5 Å². The van der Waals surface area contributed by atoms with Crippen LogP contribution in [-0.2, 0) is 9.47 Å². The van der Waals surface area contributed by atoms with Crippen LogP contribution < -0.4 is 11.2 Å². The number of carbonyl (C=O) groups excluding carboxylic acids is 1. The van der Waals surface area contributed by atoms with Gasteiger partial charge in [0.25, 0.3) is 5.56 Å².